The summed E-state index contributed by atoms with van der Waals surface area (Å²) in [4.78, 5) is 14.7. The van der Waals surface area contributed by atoms with Crippen LogP contribution in [-0.2, 0) is 16.1 Å². The third-order valence-corrected chi connectivity index (χ3v) is 3.39. The Hall–Kier alpha value is -1.43. The molecule has 6 heteroatoms. The van der Waals surface area contributed by atoms with Gasteiger partial charge in [0.05, 0.1) is 17.3 Å². The average molecular weight is 284 g/mol. The summed E-state index contributed by atoms with van der Waals surface area (Å²) >= 11 is 7.52. The van der Waals surface area contributed by atoms with Gasteiger partial charge in [0.1, 0.15) is 11.6 Å². The van der Waals surface area contributed by atoms with Crippen molar-refractivity contribution in [3.8, 4) is 10.6 Å². The number of aliphatic carboxylic acids is 1. The van der Waals surface area contributed by atoms with Crippen LogP contribution in [0.25, 0.3) is 10.6 Å². The highest BCUT2D eigenvalue weighted by atomic mass is 35.5. The van der Waals surface area contributed by atoms with Crippen molar-refractivity contribution in [3.63, 3.8) is 0 Å². The number of nitrogens with zero attached hydrogens (tertiary/aromatic N) is 1. The highest BCUT2D eigenvalue weighted by molar-refractivity contribution is 7.13. The SMILES string of the molecule is O=C(O)COCc1csc(-c2ccccc2Cl)n1. The number of hydrogen-bond acceptors (Lipinski definition) is 4. The van der Waals surface area contributed by atoms with Crippen LogP contribution >= 0.6 is 22.9 Å². The van der Waals surface area contributed by atoms with E-state index in [1.807, 2.05) is 23.6 Å². The first-order valence-corrected chi connectivity index (χ1v) is 6.41. The van der Waals surface area contributed by atoms with Crippen LogP contribution in [0.5, 0.6) is 0 Å². The lowest BCUT2D eigenvalue weighted by Crippen LogP contribution is -2.06. The lowest BCUT2D eigenvalue weighted by molar-refractivity contribution is -0.142. The van der Waals surface area contributed by atoms with E-state index in [4.69, 9.17) is 21.4 Å². The van der Waals surface area contributed by atoms with Crippen LogP contribution in [0.1, 0.15) is 5.69 Å². The lowest BCUT2D eigenvalue weighted by Gasteiger charge is -1.99. The van der Waals surface area contributed by atoms with Gasteiger partial charge in [0.25, 0.3) is 0 Å². The van der Waals surface area contributed by atoms with E-state index in [0.29, 0.717) is 10.7 Å². The smallest absolute Gasteiger partial charge is 0.329 e. The van der Waals surface area contributed by atoms with Gasteiger partial charge < -0.3 is 9.84 Å². The number of thiazole rings is 1. The molecular weight excluding hydrogens is 274 g/mol. The maximum atomic E-state index is 10.3. The standard InChI is InChI=1S/C12H10ClNO3S/c13-10-4-2-1-3-9(10)12-14-8(7-18-12)5-17-6-11(15)16/h1-4,7H,5-6H2,(H,15,16). The second kappa shape index (κ2) is 5.95. The number of rotatable bonds is 5. The molecular formula is C12H10ClNO3S. The first-order valence-electron chi connectivity index (χ1n) is 5.15. The van der Waals surface area contributed by atoms with E-state index in [2.05, 4.69) is 4.98 Å². The first kappa shape index (κ1) is 13.0. The van der Waals surface area contributed by atoms with E-state index in [9.17, 15) is 4.79 Å². The molecule has 0 aliphatic rings. The van der Waals surface area contributed by atoms with Crippen molar-refractivity contribution < 1.29 is 14.6 Å². The molecule has 1 aromatic heterocycles. The fraction of sp³-hybridized carbons (Fsp3) is 0.167. The molecule has 2 aromatic rings. The maximum Gasteiger partial charge on any atom is 0.329 e. The second-order valence-electron chi connectivity index (χ2n) is 3.51. The monoisotopic (exact) mass is 283 g/mol. The molecule has 0 bridgehead atoms. The van der Waals surface area contributed by atoms with Gasteiger partial charge in [-0.15, -0.1) is 11.3 Å². The van der Waals surface area contributed by atoms with Gasteiger partial charge in [-0.1, -0.05) is 29.8 Å². The zero-order valence-corrected chi connectivity index (χ0v) is 10.9. The Bertz CT molecular complexity index is 556. The second-order valence-corrected chi connectivity index (χ2v) is 4.78. The molecule has 0 aliphatic heterocycles. The fourth-order valence-corrected chi connectivity index (χ4v) is 2.50. The minimum Gasteiger partial charge on any atom is -0.480 e. The molecule has 0 aliphatic carbocycles. The van der Waals surface area contributed by atoms with Crippen LogP contribution in [0.3, 0.4) is 0 Å². The highest BCUT2D eigenvalue weighted by Gasteiger charge is 2.08. The summed E-state index contributed by atoms with van der Waals surface area (Å²) in [5.74, 6) is -0.989. The summed E-state index contributed by atoms with van der Waals surface area (Å²) in [5.41, 5.74) is 1.57. The normalized spacial score (nSPS) is 10.5. The zero-order valence-electron chi connectivity index (χ0n) is 9.30. The molecule has 1 aromatic carbocycles. The average Bonchev–Trinajstić information content (AvgIpc) is 2.78. The Morgan fingerprint density at radius 3 is 2.94 bits per heavy atom. The van der Waals surface area contributed by atoms with Crippen molar-refractivity contribution in [1.82, 2.24) is 4.98 Å². The Morgan fingerprint density at radius 2 is 2.22 bits per heavy atom. The van der Waals surface area contributed by atoms with Gasteiger partial charge in [0, 0.05) is 10.9 Å². The van der Waals surface area contributed by atoms with Crippen LogP contribution in [0, 0.1) is 0 Å². The summed E-state index contributed by atoms with van der Waals surface area (Å²) in [6.45, 7) is -0.133. The third-order valence-electron chi connectivity index (χ3n) is 2.13. The van der Waals surface area contributed by atoms with Crippen LogP contribution < -0.4 is 0 Å². The fourth-order valence-electron chi connectivity index (χ4n) is 1.37. The molecule has 1 N–H and O–H groups in total. The number of halogens is 1. The molecule has 0 fully saturated rings. The van der Waals surface area contributed by atoms with E-state index < -0.39 is 5.97 Å². The molecule has 4 nitrogen and oxygen atoms in total. The predicted octanol–water partition coefficient (Wildman–Crippen LogP) is 3.06. The van der Waals surface area contributed by atoms with Gasteiger partial charge in [-0.25, -0.2) is 9.78 Å². The van der Waals surface area contributed by atoms with Crippen molar-refractivity contribution in [1.29, 1.82) is 0 Å². The molecule has 0 unspecified atom stereocenters. The Morgan fingerprint density at radius 1 is 1.44 bits per heavy atom. The van der Waals surface area contributed by atoms with Gasteiger partial charge in [-0.05, 0) is 6.07 Å². The number of carboxylic acid groups (broad SMARTS) is 1. The number of carbonyl (C=O) groups is 1. The van der Waals surface area contributed by atoms with Crippen molar-refractivity contribution in [2.24, 2.45) is 0 Å². The molecule has 94 valence electrons. The van der Waals surface area contributed by atoms with Gasteiger partial charge in [-0.2, -0.15) is 0 Å². The maximum absolute atomic E-state index is 10.3. The third kappa shape index (κ3) is 3.29. The van der Waals surface area contributed by atoms with E-state index in [1.54, 1.807) is 6.07 Å². The summed E-state index contributed by atoms with van der Waals surface area (Å²) in [5, 5.41) is 11.7. The molecule has 0 spiro atoms. The van der Waals surface area contributed by atoms with E-state index in [0.717, 1.165) is 10.6 Å². The summed E-state index contributed by atoms with van der Waals surface area (Å²) < 4.78 is 4.97. The molecule has 0 saturated heterocycles. The Labute approximate surface area is 113 Å². The van der Waals surface area contributed by atoms with Crippen LogP contribution in [0.4, 0.5) is 0 Å². The number of benzene rings is 1. The van der Waals surface area contributed by atoms with Crippen molar-refractivity contribution in [2.45, 2.75) is 6.61 Å². The highest BCUT2D eigenvalue weighted by Crippen LogP contribution is 2.30. The van der Waals surface area contributed by atoms with E-state index in [-0.39, 0.29) is 13.2 Å². The number of aromatic nitrogens is 1. The lowest BCUT2D eigenvalue weighted by atomic mass is 10.2. The minimum atomic E-state index is -0.989. The van der Waals surface area contributed by atoms with E-state index in [1.165, 1.54) is 11.3 Å². The molecule has 0 amide bonds. The van der Waals surface area contributed by atoms with E-state index >= 15 is 0 Å². The molecule has 0 radical (unpaired) electrons. The van der Waals surface area contributed by atoms with Gasteiger partial charge >= 0.3 is 5.97 Å². The topological polar surface area (TPSA) is 59.4 Å². The van der Waals surface area contributed by atoms with Crippen molar-refractivity contribution >= 4 is 28.9 Å². The van der Waals surface area contributed by atoms with Crippen LogP contribution in [0.15, 0.2) is 29.6 Å². The number of carboxylic acids is 1. The van der Waals surface area contributed by atoms with Gasteiger partial charge in [0.15, 0.2) is 0 Å². The number of hydrogen-bond donors (Lipinski definition) is 1. The molecule has 0 saturated carbocycles. The van der Waals surface area contributed by atoms with Gasteiger partial charge in [0.2, 0.25) is 0 Å². The molecule has 18 heavy (non-hydrogen) atoms. The van der Waals surface area contributed by atoms with Crippen LogP contribution in [-0.4, -0.2) is 22.7 Å². The minimum absolute atomic E-state index is 0.188. The Balaban J connectivity index is 2.06. The predicted molar refractivity (Wildman–Crippen MR) is 69.9 cm³/mol. The first-order chi connectivity index (χ1) is 8.66. The van der Waals surface area contributed by atoms with Crippen molar-refractivity contribution in [2.75, 3.05) is 6.61 Å². The summed E-state index contributed by atoms with van der Waals surface area (Å²) in [6, 6.07) is 7.45. The summed E-state index contributed by atoms with van der Waals surface area (Å²) in [7, 11) is 0. The largest absolute Gasteiger partial charge is 0.480 e. The number of ether oxygens (including phenoxy) is 1. The van der Waals surface area contributed by atoms with Crippen LogP contribution in [0.2, 0.25) is 5.02 Å². The Kier molecular flexibility index (Phi) is 4.30. The molecule has 1 heterocycles. The summed E-state index contributed by atoms with van der Waals surface area (Å²) in [6.07, 6.45) is 0. The zero-order chi connectivity index (χ0) is 13.0. The quantitative estimate of drug-likeness (QED) is 0.916. The van der Waals surface area contributed by atoms with Gasteiger partial charge in [-0.3, -0.25) is 0 Å². The molecule has 0 atom stereocenters. The molecule has 2 rings (SSSR count). The van der Waals surface area contributed by atoms with Crippen molar-refractivity contribution in [3.05, 3.63) is 40.4 Å².